The van der Waals surface area contributed by atoms with Crippen LogP contribution in [0.5, 0.6) is 0 Å². The van der Waals surface area contributed by atoms with Gasteiger partial charge in [-0.1, -0.05) is 0 Å². The van der Waals surface area contributed by atoms with Crippen LogP contribution in [-0.2, 0) is 4.74 Å². The fraction of sp³-hybridized carbons (Fsp3) is 0.889. The number of hydrogen-bond donors (Lipinski definition) is 2. The van der Waals surface area contributed by atoms with Gasteiger partial charge in [0.15, 0.2) is 0 Å². The Morgan fingerprint density at radius 3 is 2.79 bits per heavy atom. The van der Waals surface area contributed by atoms with Crippen molar-refractivity contribution in [1.29, 1.82) is 0 Å². The van der Waals surface area contributed by atoms with E-state index in [-0.39, 0.29) is 12.1 Å². The van der Waals surface area contributed by atoms with Crippen molar-refractivity contribution in [1.82, 2.24) is 10.6 Å². The summed E-state index contributed by atoms with van der Waals surface area (Å²) in [5.74, 6) is 2.21. The zero-order valence-corrected chi connectivity index (χ0v) is 8.94. The maximum absolute atomic E-state index is 11.5. The number of carbonyl (C=O) groups excluding carboxylic acids is 1. The summed E-state index contributed by atoms with van der Waals surface area (Å²) in [5.41, 5.74) is 0. The van der Waals surface area contributed by atoms with Crippen LogP contribution in [0.25, 0.3) is 0 Å². The van der Waals surface area contributed by atoms with Crippen molar-refractivity contribution in [3.05, 3.63) is 0 Å². The van der Waals surface area contributed by atoms with Crippen LogP contribution in [0.15, 0.2) is 0 Å². The molecule has 0 saturated carbocycles. The standard InChI is InChI=1S/C9H16N2O2S/c12-9(10-7-1-3-13-5-7)11-8-2-4-14-6-8/h7-8H,1-6H2,(H2,10,11,12). The number of nitrogens with one attached hydrogen (secondary N) is 2. The van der Waals surface area contributed by atoms with E-state index in [1.165, 1.54) is 0 Å². The molecule has 0 bridgehead atoms. The van der Waals surface area contributed by atoms with Crippen molar-refractivity contribution >= 4 is 17.8 Å². The monoisotopic (exact) mass is 216 g/mol. The highest BCUT2D eigenvalue weighted by molar-refractivity contribution is 7.99. The van der Waals surface area contributed by atoms with Gasteiger partial charge in [0.1, 0.15) is 0 Å². The van der Waals surface area contributed by atoms with Crippen molar-refractivity contribution in [3.63, 3.8) is 0 Å². The highest BCUT2D eigenvalue weighted by Crippen LogP contribution is 2.16. The smallest absolute Gasteiger partial charge is 0.315 e. The van der Waals surface area contributed by atoms with Crippen LogP contribution in [0, 0.1) is 0 Å². The highest BCUT2D eigenvalue weighted by atomic mass is 32.2. The van der Waals surface area contributed by atoms with Gasteiger partial charge in [-0.3, -0.25) is 0 Å². The molecule has 0 aromatic carbocycles. The van der Waals surface area contributed by atoms with Gasteiger partial charge in [-0.05, 0) is 18.6 Å². The predicted octanol–water partition coefficient (Wildman–Crippen LogP) is 0.580. The Balaban J connectivity index is 1.66. The molecular formula is C9H16N2O2S. The molecule has 14 heavy (non-hydrogen) atoms. The minimum Gasteiger partial charge on any atom is -0.379 e. The van der Waals surface area contributed by atoms with Crippen LogP contribution in [0.2, 0.25) is 0 Å². The lowest BCUT2D eigenvalue weighted by molar-refractivity contribution is 0.188. The van der Waals surface area contributed by atoms with Crippen molar-refractivity contribution in [2.45, 2.75) is 24.9 Å². The molecule has 0 aromatic heterocycles. The number of urea groups is 1. The third-order valence-corrected chi connectivity index (χ3v) is 3.69. The predicted molar refractivity (Wildman–Crippen MR) is 56.6 cm³/mol. The van der Waals surface area contributed by atoms with E-state index in [1.54, 1.807) is 0 Å². The Labute approximate surface area is 88.1 Å². The van der Waals surface area contributed by atoms with Crippen LogP contribution in [0.1, 0.15) is 12.8 Å². The van der Waals surface area contributed by atoms with Crippen molar-refractivity contribution in [2.75, 3.05) is 24.7 Å². The SMILES string of the molecule is O=C(NC1CCOC1)NC1CCSC1. The first kappa shape index (κ1) is 10.1. The lowest BCUT2D eigenvalue weighted by atomic mass is 10.2. The summed E-state index contributed by atoms with van der Waals surface area (Å²) in [7, 11) is 0. The Hall–Kier alpha value is -0.420. The number of rotatable bonds is 2. The van der Waals surface area contributed by atoms with Gasteiger partial charge >= 0.3 is 6.03 Å². The number of ether oxygens (including phenoxy) is 1. The van der Waals surface area contributed by atoms with Crippen molar-refractivity contribution in [3.8, 4) is 0 Å². The Morgan fingerprint density at radius 1 is 1.29 bits per heavy atom. The summed E-state index contributed by atoms with van der Waals surface area (Å²) in [5, 5.41) is 5.90. The lowest BCUT2D eigenvalue weighted by Gasteiger charge is -2.15. The minimum absolute atomic E-state index is 0.0343. The van der Waals surface area contributed by atoms with Gasteiger partial charge in [0, 0.05) is 18.4 Å². The van der Waals surface area contributed by atoms with E-state index in [0.29, 0.717) is 12.6 Å². The van der Waals surface area contributed by atoms with Crippen molar-refractivity contribution in [2.24, 2.45) is 0 Å². The Kier molecular flexibility index (Phi) is 3.53. The maximum Gasteiger partial charge on any atom is 0.315 e. The highest BCUT2D eigenvalue weighted by Gasteiger charge is 2.21. The summed E-state index contributed by atoms with van der Waals surface area (Å²) in [6.45, 7) is 1.43. The lowest BCUT2D eigenvalue weighted by Crippen LogP contribution is -2.46. The van der Waals surface area contributed by atoms with Crippen LogP contribution in [-0.4, -0.2) is 42.8 Å². The summed E-state index contributed by atoms with van der Waals surface area (Å²) >= 11 is 1.90. The molecule has 2 aliphatic rings. The largest absolute Gasteiger partial charge is 0.379 e. The molecule has 0 aromatic rings. The van der Waals surface area contributed by atoms with E-state index in [0.717, 1.165) is 31.0 Å². The fourth-order valence-electron chi connectivity index (χ4n) is 1.71. The first-order valence-corrected chi connectivity index (χ1v) is 6.22. The summed E-state index contributed by atoms with van der Waals surface area (Å²) in [4.78, 5) is 11.5. The average molecular weight is 216 g/mol. The second kappa shape index (κ2) is 4.89. The van der Waals surface area contributed by atoms with Gasteiger partial charge in [0.05, 0.1) is 12.6 Å². The molecule has 2 unspecified atom stereocenters. The molecule has 2 aliphatic heterocycles. The molecule has 2 saturated heterocycles. The zero-order valence-electron chi connectivity index (χ0n) is 8.12. The molecular weight excluding hydrogens is 200 g/mol. The molecule has 5 heteroatoms. The van der Waals surface area contributed by atoms with Gasteiger partial charge in [-0.2, -0.15) is 11.8 Å². The third kappa shape index (κ3) is 2.78. The molecule has 4 nitrogen and oxygen atoms in total. The first-order valence-electron chi connectivity index (χ1n) is 5.07. The number of carbonyl (C=O) groups is 1. The van der Waals surface area contributed by atoms with E-state index < -0.39 is 0 Å². The number of hydrogen-bond acceptors (Lipinski definition) is 3. The van der Waals surface area contributed by atoms with Crippen LogP contribution in [0.3, 0.4) is 0 Å². The van der Waals surface area contributed by atoms with Crippen LogP contribution >= 0.6 is 11.8 Å². The molecule has 0 spiro atoms. The molecule has 0 radical (unpaired) electrons. The quantitative estimate of drug-likeness (QED) is 0.710. The molecule has 2 rings (SSSR count). The number of amides is 2. The molecule has 2 N–H and O–H groups in total. The molecule has 2 fully saturated rings. The van der Waals surface area contributed by atoms with Crippen LogP contribution < -0.4 is 10.6 Å². The van der Waals surface area contributed by atoms with Gasteiger partial charge in [0.2, 0.25) is 0 Å². The van der Waals surface area contributed by atoms with E-state index in [4.69, 9.17) is 4.74 Å². The molecule has 80 valence electrons. The van der Waals surface area contributed by atoms with Gasteiger partial charge in [0.25, 0.3) is 0 Å². The number of thioether (sulfide) groups is 1. The molecule has 2 heterocycles. The molecule has 0 aliphatic carbocycles. The molecule has 2 amide bonds. The van der Waals surface area contributed by atoms with E-state index >= 15 is 0 Å². The Morgan fingerprint density at radius 2 is 2.14 bits per heavy atom. The summed E-state index contributed by atoms with van der Waals surface area (Å²) in [6, 6.07) is 0.541. The van der Waals surface area contributed by atoms with Gasteiger partial charge < -0.3 is 15.4 Å². The summed E-state index contributed by atoms with van der Waals surface area (Å²) < 4.78 is 5.18. The van der Waals surface area contributed by atoms with Gasteiger partial charge in [-0.15, -0.1) is 0 Å². The summed E-state index contributed by atoms with van der Waals surface area (Å²) in [6.07, 6.45) is 2.03. The minimum atomic E-state index is -0.0343. The topological polar surface area (TPSA) is 50.4 Å². The second-order valence-corrected chi connectivity index (χ2v) is 4.89. The zero-order chi connectivity index (χ0) is 9.80. The van der Waals surface area contributed by atoms with Crippen molar-refractivity contribution < 1.29 is 9.53 Å². The maximum atomic E-state index is 11.5. The van der Waals surface area contributed by atoms with Gasteiger partial charge in [-0.25, -0.2) is 4.79 Å². The average Bonchev–Trinajstić information content (AvgIpc) is 2.76. The van der Waals surface area contributed by atoms with E-state index in [9.17, 15) is 4.79 Å². The molecule has 2 atom stereocenters. The normalized spacial score (nSPS) is 31.7. The first-order chi connectivity index (χ1) is 6.84. The van der Waals surface area contributed by atoms with E-state index in [1.807, 2.05) is 11.8 Å². The Bertz CT molecular complexity index is 181. The van der Waals surface area contributed by atoms with Crippen LogP contribution in [0.4, 0.5) is 4.79 Å². The second-order valence-electron chi connectivity index (χ2n) is 3.74. The fourth-order valence-corrected chi connectivity index (χ4v) is 2.86. The third-order valence-electron chi connectivity index (χ3n) is 2.53. The van der Waals surface area contributed by atoms with E-state index in [2.05, 4.69) is 10.6 Å².